The fraction of sp³-hybridized carbons (Fsp3) is 0.138. The van der Waals surface area contributed by atoms with Crippen molar-refractivity contribution in [2.45, 2.75) is 22.4 Å². The molecule has 4 nitrogen and oxygen atoms in total. The predicted octanol–water partition coefficient (Wildman–Crippen LogP) is 6.52. The number of amides is 1. The molecule has 5 heteroatoms. The van der Waals surface area contributed by atoms with Gasteiger partial charge in [-0.15, -0.1) is 0 Å². The van der Waals surface area contributed by atoms with E-state index in [0.717, 1.165) is 21.8 Å². The smallest absolute Gasteiger partial charge is 0.268 e. The van der Waals surface area contributed by atoms with Gasteiger partial charge in [-0.25, -0.2) is 0 Å². The molecule has 3 atom stereocenters. The maximum absolute atomic E-state index is 13.6. The normalized spacial score (nSPS) is 18.1. The summed E-state index contributed by atoms with van der Waals surface area (Å²) in [7, 11) is 1.65. The first kappa shape index (κ1) is 22.1. The molecule has 0 saturated carbocycles. The van der Waals surface area contributed by atoms with Crippen LogP contribution in [0.5, 0.6) is 11.5 Å². The lowest BCUT2D eigenvalue weighted by atomic mass is 9.89. The van der Waals surface area contributed by atoms with Gasteiger partial charge in [-0.1, -0.05) is 90.6 Å². The summed E-state index contributed by atoms with van der Waals surface area (Å²) in [5.74, 6) is 1.44. The second-order valence-electron chi connectivity index (χ2n) is 8.01. The van der Waals surface area contributed by atoms with Crippen LogP contribution in [0.15, 0.2) is 120 Å². The van der Waals surface area contributed by atoms with Gasteiger partial charge in [-0.3, -0.25) is 4.79 Å². The number of β-lactam (4-membered cyclic amide) rings is 1. The lowest BCUT2D eigenvalue weighted by Gasteiger charge is -2.50. The minimum absolute atomic E-state index is 0.0260. The maximum atomic E-state index is 13.6. The van der Waals surface area contributed by atoms with Crippen LogP contribution in [-0.2, 0) is 4.79 Å². The van der Waals surface area contributed by atoms with E-state index in [4.69, 9.17) is 9.47 Å². The Labute approximate surface area is 204 Å². The first-order chi connectivity index (χ1) is 16.7. The number of nitrogens with zero attached hydrogens (tertiary/aromatic N) is 1. The summed E-state index contributed by atoms with van der Waals surface area (Å²) in [6.07, 6.45) is -0.599. The van der Waals surface area contributed by atoms with Crippen LogP contribution in [0.2, 0.25) is 0 Å². The average Bonchev–Trinajstić information content (AvgIpc) is 2.91. The molecule has 34 heavy (non-hydrogen) atoms. The van der Waals surface area contributed by atoms with Crippen molar-refractivity contribution in [3.8, 4) is 11.5 Å². The molecule has 1 saturated heterocycles. The van der Waals surface area contributed by atoms with Gasteiger partial charge in [-0.05, 0) is 47.5 Å². The lowest BCUT2D eigenvalue weighted by molar-refractivity contribution is -0.165. The highest BCUT2D eigenvalue weighted by Crippen LogP contribution is 2.49. The average molecular weight is 468 g/mol. The van der Waals surface area contributed by atoms with Crippen LogP contribution in [0, 0.1) is 0 Å². The molecule has 0 N–H and O–H groups in total. The third-order valence-corrected chi connectivity index (χ3v) is 7.14. The molecule has 1 aliphatic heterocycles. The molecule has 5 rings (SSSR count). The number of hydrogen-bond acceptors (Lipinski definition) is 4. The summed E-state index contributed by atoms with van der Waals surface area (Å²) < 4.78 is 11.6. The molecule has 1 heterocycles. The van der Waals surface area contributed by atoms with Gasteiger partial charge in [0, 0.05) is 4.90 Å². The van der Waals surface area contributed by atoms with Gasteiger partial charge in [0.15, 0.2) is 0 Å². The van der Waals surface area contributed by atoms with Crippen molar-refractivity contribution in [3.63, 3.8) is 0 Å². The van der Waals surface area contributed by atoms with Crippen LogP contribution in [-0.4, -0.2) is 24.0 Å². The van der Waals surface area contributed by atoms with E-state index >= 15 is 0 Å². The molecular weight excluding hydrogens is 442 g/mol. The van der Waals surface area contributed by atoms with Crippen LogP contribution in [0.4, 0.5) is 0 Å². The number of carbonyl (C=O) groups excluding carboxylic acids is 1. The fourth-order valence-electron chi connectivity index (χ4n) is 4.17. The minimum Gasteiger partial charge on any atom is -0.497 e. The summed E-state index contributed by atoms with van der Waals surface area (Å²) >= 11 is 1.67. The van der Waals surface area contributed by atoms with Crippen LogP contribution < -0.4 is 9.47 Å². The van der Waals surface area contributed by atoms with E-state index in [0.29, 0.717) is 5.75 Å². The van der Waals surface area contributed by atoms with Crippen molar-refractivity contribution in [3.05, 3.63) is 126 Å². The maximum Gasteiger partial charge on any atom is 0.268 e. The fourth-order valence-corrected chi connectivity index (χ4v) is 5.39. The van der Waals surface area contributed by atoms with Crippen molar-refractivity contribution < 1.29 is 14.3 Å². The highest BCUT2D eigenvalue weighted by Gasteiger charge is 2.53. The van der Waals surface area contributed by atoms with Gasteiger partial charge in [0.25, 0.3) is 5.91 Å². The van der Waals surface area contributed by atoms with Gasteiger partial charge < -0.3 is 14.4 Å². The van der Waals surface area contributed by atoms with Gasteiger partial charge in [-0.2, -0.15) is 0 Å². The number of thioether (sulfide) groups is 1. The zero-order valence-corrected chi connectivity index (χ0v) is 19.6. The zero-order valence-electron chi connectivity index (χ0n) is 18.8. The number of rotatable bonds is 8. The molecule has 4 aromatic carbocycles. The number of ether oxygens (including phenoxy) is 2. The number of likely N-dealkylation sites (tertiary alicyclic amines) is 1. The van der Waals surface area contributed by atoms with Crippen LogP contribution in [0.1, 0.15) is 22.5 Å². The van der Waals surface area contributed by atoms with Crippen molar-refractivity contribution in [2.24, 2.45) is 0 Å². The van der Waals surface area contributed by atoms with Gasteiger partial charge in [0.1, 0.15) is 22.9 Å². The van der Waals surface area contributed by atoms with Crippen molar-refractivity contribution in [1.29, 1.82) is 0 Å². The first-order valence-corrected chi connectivity index (χ1v) is 12.1. The van der Waals surface area contributed by atoms with Gasteiger partial charge >= 0.3 is 0 Å². The molecule has 0 unspecified atom stereocenters. The van der Waals surface area contributed by atoms with E-state index in [-0.39, 0.29) is 17.3 Å². The Bertz CT molecular complexity index is 1220. The third-order valence-electron chi connectivity index (χ3n) is 5.88. The van der Waals surface area contributed by atoms with E-state index in [1.807, 2.05) is 95.9 Å². The molecule has 0 aliphatic carbocycles. The standard InChI is InChI=1S/C29H25NO3S/c1-32-23-19-17-21(18-20-23)26-27(33-24-13-7-3-8-14-24)28(31)30(26)29(22-11-5-2-6-12-22)34-25-15-9-4-10-16-25/h2-20,26-27,29H,1H3/t26-,27+,29+/m0/s1. The van der Waals surface area contributed by atoms with E-state index in [9.17, 15) is 4.79 Å². The second kappa shape index (κ2) is 10.1. The van der Waals surface area contributed by atoms with Crippen LogP contribution in [0.25, 0.3) is 0 Å². The summed E-state index contributed by atoms with van der Waals surface area (Å²) in [6, 6.07) is 37.5. The molecule has 0 bridgehead atoms. The molecule has 0 radical (unpaired) electrons. The Balaban J connectivity index is 1.53. The molecule has 4 aromatic rings. The zero-order chi connectivity index (χ0) is 23.3. The number of carbonyl (C=O) groups is 1. The van der Waals surface area contributed by atoms with E-state index < -0.39 is 6.10 Å². The first-order valence-electron chi connectivity index (χ1n) is 11.2. The number of methoxy groups -OCH3 is 1. The molecule has 1 amide bonds. The Morgan fingerprint density at radius 1 is 0.735 bits per heavy atom. The van der Waals surface area contributed by atoms with Gasteiger partial charge in [0.05, 0.1) is 7.11 Å². The summed E-state index contributed by atoms with van der Waals surface area (Å²) in [5, 5.41) is -0.196. The van der Waals surface area contributed by atoms with Crippen molar-refractivity contribution in [2.75, 3.05) is 7.11 Å². The number of hydrogen-bond donors (Lipinski definition) is 0. The Kier molecular flexibility index (Phi) is 6.54. The molecule has 0 spiro atoms. The molecule has 0 aromatic heterocycles. The molecular formula is C29H25NO3S. The van der Waals surface area contributed by atoms with E-state index in [1.165, 1.54) is 0 Å². The van der Waals surface area contributed by atoms with Crippen LogP contribution >= 0.6 is 11.8 Å². The number of para-hydroxylation sites is 1. The highest BCUT2D eigenvalue weighted by molar-refractivity contribution is 7.99. The van der Waals surface area contributed by atoms with E-state index in [1.54, 1.807) is 18.9 Å². The summed E-state index contributed by atoms with van der Waals surface area (Å²) in [4.78, 5) is 16.7. The quantitative estimate of drug-likeness (QED) is 0.219. The second-order valence-corrected chi connectivity index (χ2v) is 9.16. The predicted molar refractivity (Wildman–Crippen MR) is 135 cm³/mol. The highest BCUT2D eigenvalue weighted by atomic mass is 32.2. The summed E-state index contributed by atoms with van der Waals surface area (Å²) in [6.45, 7) is 0. The topological polar surface area (TPSA) is 38.8 Å². The SMILES string of the molecule is COc1ccc([C@H]2[C@@H](Oc3ccccc3)C(=O)N2[C@H](Sc2ccccc2)c2ccccc2)cc1. The van der Waals surface area contributed by atoms with Crippen LogP contribution in [0.3, 0.4) is 0 Å². The Hall–Kier alpha value is -3.70. The third kappa shape index (κ3) is 4.52. The summed E-state index contributed by atoms with van der Waals surface area (Å²) in [5.41, 5.74) is 2.08. The Morgan fingerprint density at radius 2 is 1.32 bits per heavy atom. The molecule has 1 aliphatic rings. The molecule has 1 fully saturated rings. The van der Waals surface area contributed by atoms with E-state index in [2.05, 4.69) is 24.3 Å². The monoisotopic (exact) mass is 467 g/mol. The van der Waals surface area contributed by atoms with Crippen molar-refractivity contribution >= 4 is 17.7 Å². The lowest BCUT2D eigenvalue weighted by Crippen LogP contribution is -2.61. The van der Waals surface area contributed by atoms with Crippen molar-refractivity contribution in [1.82, 2.24) is 4.90 Å². The largest absolute Gasteiger partial charge is 0.497 e. The van der Waals surface area contributed by atoms with Gasteiger partial charge in [0.2, 0.25) is 6.10 Å². The minimum atomic E-state index is -0.599. The molecule has 170 valence electrons. The Morgan fingerprint density at radius 3 is 1.94 bits per heavy atom. The number of benzene rings is 4.